The van der Waals surface area contributed by atoms with Crippen LogP contribution in [-0.4, -0.2) is 12.8 Å². The largest absolute Gasteiger partial charge is 0.326 e. The molecule has 0 aromatic carbocycles. The zero-order valence-electron chi connectivity index (χ0n) is 9.26. The maximum atomic E-state index is 11.2. The van der Waals surface area contributed by atoms with Crippen LogP contribution in [0, 0.1) is 0 Å². The SMILES string of the molecule is C=CCO[PH](=O)CCCCCCCC. The fourth-order valence-electron chi connectivity index (χ4n) is 1.27. The van der Waals surface area contributed by atoms with E-state index in [2.05, 4.69) is 13.5 Å². The van der Waals surface area contributed by atoms with Gasteiger partial charge in [-0.3, -0.25) is 4.57 Å². The Morgan fingerprint density at radius 3 is 2.50 bits per heavy atom. The van der Waals surface area contributed by atoms with Gasteiger partial charge in [0.25, 0.3) is 0 Å². The Hall–Kier alpha value is -0.0700. The van der Waals surface area contributed by atoms with Crippen molar-refractivity contribution in [3.63, 3.8) is 0 Å². The summed E-state index contributed by atoms with van der Waals surface area (Å²) in [4.78, 5) is 0. The van der Waals surface area contributed by atoms with Crippen LogP contribution in [0.3, 0.4) is 0 Å². The highest BCUT2D eigenvalue weighted by atomic mass is 31.1. The molecule has 0 aliphatic heterocycles. The lowest BCUT2D eigenvalue weighted by molar-refractivity contribution is 0.370. The van der Waals surface area contributed by atoms with Gasteiger partial charge in [0, 0.05) is 6.16 Å². The predicted molar refractivity (Wildman–Crippen MR) is 63.4 cm³/mol. The van der Waals surface area contributed by atoms with Crippen LogP contribution >= 0.6 is 8.03 Å². The first kappa shape index (κ1) is 13.9. The summed E-state index contributed by atoms with van der Waals surface area (Å²) in [6.07, 6.45) is 9.79. The zero-order valence-corrected chi connectivity index (χ0v) is 10.3. The molecule has 0 aliphatic rings. The fourth-order valence-corrected chi connectivity index (χ4v) is 2.26. The average Bonchev–Trinajstić information content (AvgIpc) is 2.20. The Morgan fingerprint density at radius 1 is 1.21 bits per heavy atom. The van der Waals surface area contributed by atoms with Crippen LogP contribution in [0.15, 0.2) is 12.7 Å². The third-order valence-corrected chi connectivity index (χ3v) is 3.35. The molecule has 0 aromatic rings. The third kappa shape index (κ3) is 10.0. The van der Waals surface area contributed by atoms with Gasteiger partial charge in [0.05, 0.1) is 6.61 Å². The fraction of sp³-hybridized carbons (Fsp3) is 0.818. The van der Waals surface area contributed by atoms with E-state index in [4.69, 9.17) is 4.52 Å². The van der Waals surface area contributed by atoms with Crippen LogP contribution in [0.4, 0.5) is 0 Å². The van der Waals surface area contributed by atoms with Crippen molar-refractivity contribution < 1.29 is 9.09 Å². The van der Waals surface area contributed by atoms with Crippen molar-refractivity contribution in [1.82, 2.24) is 0 Å². The molecule has 0 N–H and O–H groups in total. The second kappa shape index (κ2) is 11.0. The van der Waals surface area contributed by atoms with Crippen LogP contribution in [0.1, 0.15) is 45.4 Å². The van der Waals surface area contributed by atoms with E-state index in [1.54, 1.807) is 6.08 Å². The summed E-state index contributed by atoms with van der Waals surface area (Å²) in [5.74, 6) is 0. The Morgan fingerprint density at radius 2 is 1.86 bits per heavy atom. The van der Waals surface area contributed by atoms with Gasteiger partial charge in [-0.25, -0.2) is 0 Å². The summed E-state index contributed by atoms with van der Waals surface area (Å²) in [5.41, 5.74) is 0. The molecule has 0 spiro atoms. The van der Waals surface area contributed by atoms with E-state index >= 15 is 0 Å². The highest BCUT2D eigenvalue weighted by Gasteiger charge is 1.97. The van der Waals surface area contributed by atoms with Crippen molar-refractivity contribution in [2.24, 2.45) is 0 Å². The van der Waals surface area contributed by atoms with E-state index in [1.807, 2.05) is 0 Å². The van der Waals surface area contributed by atoms with Crippen LogP contribution in [-0.2, 0) is 9.09 Å². The van der Waals surface area contributed by atoms with Gasteiger partial charge < -0.3 is 4.52 Å². The topological polar surface area (TPSA) is 26.3 Å². The molecule has 0 aliphatic carbocycles. The quantitative estimate of drug-likeness (QED) is 0.314. The minimum absolute atomic E-state index is 0.424. The van der Waals surface area contributed by atoms with Gasteiger partial charge in [-0.15, -0.1) is 6.58 Å². The monoisotopic (exact) mass is 218 g/mol. The molecule has 0 bridgehead atoms. The van der Waals surface area contributed by atoms with Gasteiger partial charge >= 0.3 is 0 Å². The van der Waals surface area contributed by atoms with E-state index in [1.165, 1.54) is 32.1 Å². The van der Waals surface area contributed by atoms with Gasteiger partial charge in [0.1, 0.15) is 0 Å². The molecule has 14 heavy (non-hydrogen) atoms. The van der Waals surface area contributed by atoms with Crippen LogP contribution in [0.5, 0.6) is 0 Å². The van der Waals surface area contributed by atoms with Crippen molar-refractivity contribution in [3.05, 3.63) is 12.7 Å². The Kier molecular flexibility index (Phi) is 11.0. The summed E-state index contributed by atoms with van der Waals surface area (Å²) < 4.78 is 16.3. The molecule has 0 aromatic heterocycles. The van der Waals surface area contributed by atoms with E-state index < -0.39 is 8.03 Å². The smallest absolute Gasteiger partial charge is 0.191 e. The Labute approximate surface area is 88.6 Å². The molecule has 2 nitrogen and oxygen atoms in total. The summed E-state index contributed by atoms with van der Waals surface area (Å²) in [6.45, 7) is 6.15. The third-order valence-electron chi connectivity index (χ3n) is 2.10. The van der Waals surface area contributed by atoms with E-state index in [0.717, 1.165) is 12.6 Å². The average molecular weight is 218 g/mol. The minimum Gasteiger partial charge on any atom is -0.326 e. The van der Waals surface area contributed by atoms with Crippen LogP contribution in [0.25, 0.3) is 0 Å². The molecule has 1 unspecified atom stereocenters. The molecular formula is C11H23O2P. The maximum absolute atomic E-state index is 11.2. The van der Waals surface area contributed by atoms with Gasteiger partial charge in [0.2, 0.25) is 0 Å². The number of unbranched alkanes of at least 4 members (excludes halogenated alkanes) is 5. The van der Waals surface area contributed by atoms with Crippen molar-refractivity contribution >= 4 is 8.03 Å². The predicted octanol–water partition coefficient (Wildman–Crippen LogP) is 4.02. The molecule has 0 saturated heterocycles. The lowest BCUT2D eigenvalue weighted by Gasteiger charge is -2.01. The van der Waals surface area contributed by atoms with Gasteiger partial charge in [-0.1, -0.05) is 45.1 Å². The van der Waals surface area contributed by atoms with Crippen molar-refractivity contribution in [1.29, 1.82) is 0 Å². The van der Waals surface area contributed by atoms with Gasteiger partial charge in [-0.2, -0.15) is 0 Å². The molecule has 0 rings (SSSR count). The first-order valence-electron chi connectivity index (χ1n) is 5.57. The molecule has 0 amide bonds. The summed E-state index contributed by atoms with van der Waals surface area (Å²) >= 11 is 0. The van der Waals surface area contributed by atoms with Gasteiger partial charge in [-0.05, 0) is 6.42 Å². The molecule has 0 heterocycles. The normalized spacial score (nSPS) is 12.6. The minimum atomic E-state index is -1.77. The Bertz CT molecular complexity index is 157. The highest BCUT2D eigenvalue weighted by molar-refractivity contribution is 7.39. The molecule has 0 saturated carbocycles. The Balaban J connectivity index is 3.10. The zero-order chi connectivity index (χ0) is 10.6. The lowest BCUT2D eigenvalue weighted by Crippen LogP contribution is -1.86. The summed E-state index contributed by atoms with van der Waals surface area (Å²) in [5, 5.41) is 0. The maximum Gasteiger partial charge on any atom is 0.191 e. The first-order valence-corrected chi connectivity index (χ1v) is 7.10. The molecule has 1 atom stereocenters. The van der Waals surface area contributed by atoms with Crippen molar-refractivity contribution in [2.45, 2.75) is 45.4 Å². The molecule has 0 radical (unpaired) electrons. The van der Waals surface area contributed by atoms with E-state index in [-0.39, 0.29) is 0 Å². The first-order chi connectivity index (χ1) is 6.81. The van der Waals surface area contributed by atoms with Crippen LogP contribution in [0.2, 0.25) is 0 Å². The van der Waals surface area contributed by atoms with E-state index in [0.29, 0.717) is 6.61 Å². The van der Waals surface area contributed by atoms with Crippen molar-refractivity contribution in [2.75, 3.05) is 12.8 Å². The number of rotatable bonds is 10. The molecular weight excluding hydrogens is 195 g/mol. The lowest BCUT2D eigenvalue weighted by atomic mass is 10.1. The number of hydrogen-bond acceptors (Lipinski definition) is 2. The van der Waals surface area contributed by atoms with Crippen LogP contribution < -0.4 is 0 Å². The standard InChI is InChI=1S/C11H23O2P/c1-3-5-6-7-8-9-11-14(12)13-10-4-2/h4,14H,2-3,5-11H2,1H3. The van der Waals surface area contributed by atoms with Crippen molar-refractivity contribution in [3.8, 4) is 0 Å². The molecule has 0 fully saturated rings. The summed E-state index contributed by atoms with van der Waals surface area (Å²) in [6, 6.07) is 0. The van der Waals surface area contributed by atoms with E-state index in [9.17, 15) is 4.57 Å². The molecule has 84 valence electrons. The second-order valence-corrected chi connectivity index (χ2v) is 5.02. The molecule has 3 heteroatoms. The summed E-state index contributed by atoms with van der Waals surface area (Å²) in [7, 11) is -1.77. The highest BCUT2D eigenvalue weighted by Crippen LogP contribution is 2.24. The van der Waals surface area contributed by atoms with Gasteiger partial charge in [0.15, 0.2) is 8.03 Å². The number of hydrogen-bond donors (Lipinski definition) is 0. The second-order valence-electron chi connectivity index (χ2n) is 3.49.